The summed E-state index contributed by atoms with van der Waals surface area (Å²) in [5.74, 6) is -0.0776. The predicted octanol–water partition coefficient (Wildman–Crippen LogP) is 1.67. The molecule has 2 rings (SSSR count). The molecular formula is C14H15N3O3S. The van der Waals surface area contributed by atoms with Crippen LogP contribution in [0.15, 0.2) is 41.9 Å². The number of carbonyl (C=O) groups is 2. The van der Waals surface area contributed by atoms with E-state index in [1.54, 1.807) is 30.6 Å². The summed E-state index contributed by atoms with van der Waals surface area (Å²) in [6.07, 6.45) is 1.59. The minimum atomic E-state index is -0.666. The van der Waals surface area contributed by atoms with E-state index in [0.29, 0.717) is 10.9 Å². The maximum Gasteiger partial charge on any atom is 0.258 e. The van der Waals surface area contributed by atoms with Gasteiger partial charge in [0.2, 0.25) is 5.91 Å². The number of rotatable bonds is 6. The molecule has 0 radical (unpaired) electrons. The van der Waals surface area contributed by atoms with Crippen LogP contribution < -0.4 is 15.4 Å². The van der Waals surface area contributed by atoms with Crippen molar-refractivity contribution in [2.45, 2.75) is 13.0 Å². The third kappa shape index (κ3) is 4.88. The molecule has 1 atom stereocenters. The summed E-state index contributed by atoms with van der Waals surface area (Å²) in [6.45, 7) is 1.46. The molecule has 0 fully saturated rings. The van der Waals surface area contributed by atoms with Crippen molar-refractivity contribution in [2.75, 3.05) is 11.9 Å². The second-order valence-electron chi connectivity index (χ2n) is 4.22. The first kappa shape index (κ1) is 15.0. The van der Waals surface area contributed by atoms with Gasteiger partial charge in [0, 0.05) is 11.6 Å². The van der Waals surface area contributed by atoms with Crippen LogP contribution in [0.5, 0.6) is 5.75 Å². The molecule has 0 aliphatic heterocycles. The van der Waals surface area contributed by atoms with Crippen molar-refractivity contribution in [3.8, 4) is 5.75 Å². The zero-order valence-corrected chi connectivity index (χ0v) is 12.2. The fraction of sp³-hybridized carbons (Fsp3) is 0.214. The number of ether oxygens (including phenoxy) is 1. The second-order valence-corrected chi connectivity index (χ2v) is 5.11. The number of hydrogen-bond acceptors (Lipinski definition) is 5. The minimum Gasteiger partial charge on any atom is -0.484 e. The normalized spacial score (nSPS) is 11.5. The molecule has 1 unspecified atom stereocenters. The number of aromatic nitrogens is 1. The molecule has 2 aromatic rings. The Balaban J connectivity index is 1.75. The molecular weight excluding hydrogens is 290 g/mol. The molecule has 110 valence electrons. The van der Waals surface area contributed by atoms with Gasteiger partial charge >= 0.3 is 0 Å². The number of anilines is 1. The molecule has 1 heterocycles. The molecule has 1 aromatic carbocycles. The SMILES string of the molecule is CC(NC(=O)COc1ccccc1)C(=O)Nc1nccs1. The first-order chi connectivity index (χ1) is 10.1. The number of para-hydroxylation sites is 1. The maximum atomic E-state index is 11.8. The van der Waals surface area contributed by atoms with Crippen LogP contribution in [0.25, 0.3) is 0 Å². The Kier molecular flexibility index (Phi) is 5.28. The highest BCUT2D eigenvalue weighted by atomic mass is 32.1. The van der Waals surface area contributed by atoms with Crippen LogP contribution in [0.3, 0.4) is 0 Å². The van der Waals surface area contributed by atoms with Crippen molar-refractivity contribution in [3.05, 3.63) is 41.9 Å². The first-order valence-electron chi connectivity index (χ1n) is 6.32. The van der Waals surface area contributed by atoms with E-state index in [-0.39, 0.29) is 18.4 Å². The molecule has 0 bridgehead atoms. The average Bonchev–Trinajstić information content (AvgIpc) is 2.99. The highest BCUT2D eigenvalue weighted by Gasteiger charge is 2.16. The Labute approximate surface area is 126 Å². The maximum absolute atomic E-state index is 11.8. The molecule has 0 aliphatic rings. The van der Waals surface area contributed by atoms with Gasteiger partial charge in [-0.05, 0) is 19.1 Å². The van der Waals surface area contributed by atoms with Crippen LogP contribution in [0, 0.1) is 0 Å². The largest absolute Gasteiger partial charge is 0.484 e. The van der Waals surface area contributed by atoms with Gasteiger partial charge < -0.3 is 15.4 Å². The molecule has 2 amide bonds. The molecule has 0 saturated heterocycles. The van der Waals surface area contributed by atoms with Crippen LogP contribution >= 0.6 is 11.3 Å². The number of carbonyl (C=O) groups excluding carboxylic acids is 2. The van der Waals surface area contributed by atoms with Gasteiger partial charge in [0.1, 0.15) is 11.8 Å². The van der Waals surface area contributed by atoms with Crippen LogP contribution in [-0.4, -0.2) is 29.4 Å². The molecule has 0 saturated carbocycles. The van der Waals surface area contributed by atoms with Crippen molar-refractivity contribution in [1.29, 1.82) is 0 Å². The van der Waals surface area contributed by atoms with Gasteiger partial charge in [-0.3, -0.25) is 9.59 Å². The molecule has 0 spiro atoms. The Hall–Kier alpha value is -2.41. The fourth-order valence-corrected chi connectivity index (χ4v) is 2.04. The number of nitrogens with zero attached hydrogens (tertiary/aromatic N) is 1. The molecule has 21 heavy (non-hydrogen) atoms. The zero-order valence-electron chi connectivity index (χ0n) is 11.4. The van der Waals surface area contributed by atoms with E-state index in [0.717, 1.165) is 0 Å². The van der Waals surface area contributed by atoms with Gasteiger partial charge in [-0.1, -0.05) is 18.2 Å². The van der Waals surface area contributed by atoms with E-state index < -0.39 is 6.04 Å². The number of thiazole rings is 1. The summed E-state index contributed by atoms with van der Waals surface area (Å²) in [5, 5.41) is 7.44. The fourth-order valence-electron chi connectivity index (χ4n) is 1.51. The summed E-state index contributed by atoms with van der Waals surface area (Å²) in [6, 6.07) is 8.34. The van der Waals surface area contributed by atoms with E-state index in [4.69, 9.17) is 4.74 Å². The highest BCUT2D eigenvalue weighted by molar-refractivity contribution is 7.13. The van der Waals surface area contributed by atoms with Gasteiger partial charge in [-0.25, -0.2) is 4.98 Å². The van der Waals surface area contributed by atoms with Crippen molar-refractivity contribution in [3.63, 3.8) is 0 Å². The van der Waals surface area contributed by atoms with Gasteiger partial charge in [0.15, 0.2) is 11.7 Å². The molecule has 6 nitrogen and oxygen atoms in total. The van der Waals surface area contributed by atoms with Gasteiger partial charge in [-0.2, -0.15) is 0 Å². The average molecular weight is 305 g/mol. The van der Waals surface area contributed by atoms with Crippen LogP contribution in [-0.2, 0) is 9.59 Å². The lowest BCUT2D eigenvalue weighted by molar-refractivity contribution is -0.127. The smallest absolute Gasteiger partial charge is 0.258 e. The molecule has 2 N–H and O–H groups in total. The standard InChI is InChI=1S/C14H15N3O3S/c1-10(13(19)17-14-15-7-8-21-14)16-12(18)9-20-11-5-3-2-4-6-11/h2-8,10H,9H2,1H3,(H,16,18)(H,15,17,19). The van der Waals surface area contributed by atoms with Crippen molar-refractivity contribution >= 4 is 28.3 Å². The summed E-state index contributed by atoms with van der Waals surface area (Å²) in [5.41, 5.74) is 0. The lowest BCUT2D eigenvalue weighted by Crippen LogP contribution is -2.43. The van der Waals surface area contributed by atoms with E-state index in [9.17, 15) is 9.59 Å². The van der Waals surface area contributed by atoms with Crippen molar-refractivity contribution in [2.24, 2.45) is 0 Å². The van der Waals surface area contributed by atoms with E-state index in [1.807, 2.05) is 18.2 Å². The predicted molar refractivity (Wildman–Crippen MR) is 80.3 cm³/mol. The van der Waals surface area contributed by atoms with Gasteiger partial charge in [0.25, 0.3) is 5.91 Å². The lowest BCUT2D eigenvalue weighted by atomic mass is 10.3. The summed E-state index contributed by atoms with van der Waals surface area (Å²) in [4.78, 5) is 27.5. The zero-order chi connectivity index (χ0) is 15.1. The van der Waals surface area contributed by atoms with E-state index in [1.165, 1.54) is 11.3 Å². The molecule has 1 aromatic heterocycles. The second kappa shape index (κ2) is 7.39. The van der Waals surface area contributed by atoms with Crippen LogP contribution in [0.1, 0.15) is 6.92 Å². The number of nitrogens with one attached hydrogen (secondary N) is 2. The van der Waals surface area contributed by atoms with Crippen LogP contribution in [0.2, 0.25) is 0 Å². The van der Waals surface area contributed by atoms with Crippen molar-refractivity contribution < 1.29 is 14.3 Å². The number of hydrogen-bond donors (Lipinski definition) is 2. The minimum absolute atomic E-state index is 0.140. The highest BCUT2D eigenvalue weighted by Crippen LogP contribution is 2.10. The third-order valence-electron chi connectivity index (χ3n) is 2.55. The van der Waals surface area contributed by atoms with Gasteiger partial charge in [0.05, 0.1) is 0 Å². The molecule has 7 heteroatoms. The summed E-state index contributed by atoms with van der Waals surface area (Å²) in [7, 11) is 0. The van der Waals surface area contributed by atoms with Gasteiger partial charge in [-0.15, -0.1) is 11.3 Å². The number of amides is 2. The Morgan fingerprint density at radius 2 is 2.10 bits per heavy atom. The quantitative estimate of drug-likeness (QED) is 0.850. The van der Waals surface area contributed by atoms with Crippen molar-refractivity contribution in [1.82, 2.24) is 10.3 Å². The molecule has 0 aliphatic carbocycles. The lowest BCUT2D eigenvalue weighted by Gasteiger charge is -2.13. The van der Waals surface area contributed by atoms with E-state index >= 15 is 0 Å². The van der Waals surface area contributed by atoms with E-state index in [2.05, 4.69) is 15.6 Å². The summed E-state index contributed by atoms with van der Waals surface area (Å²) < 4.78 is 5.30. The Bertz CT molecular complexity index is 587. The first-order valence-corrected chi connectivity index (χ1v) is 7.20. The monoisotopic (exact) mass is 305 g/mol. The Morgan fingerprint density at radius 3 is 2.76 bits per heavy atom. The summed E-state index contributed by atoms with van der Waals surface area (Å²) >= 11 is 1.31. The number of benzene rings is 1. The topological polar surface area (TPSA) is 80.3 Å². The Morgan fingerprint density at radius 1 is 1.33 bits per heavy atom. The third-order valence-corrected chi connectivity index (χ3v) is 3.23. The van der Waals surface area contributed by atoms with Crippen LogP contribution in [0.4, 0.5) is 5.13 Å².